The summed E-state index contributed by atoms with van der Waals surface area (Å²) in [6, 6.07) is 18.7. The second kappa shape index (κ2) is 11.0. The zero-order valence-corrected chi connectivity index (χ0v) is 14.5. The van der Waals surface area contributed by atoms with Crippen molar-refractivity contribution in [2.45, 2.75) is 37.6 Å². The van der Waals surface area contributed by atoms with Crippen molar-refractivity contribution < 1.29 is 29.9 Å². The average molecular weight is 362 g/mol. The first-order valence-electron chi connectivity index (χ1n) is 8.54. The van der Waals surface area contributed by atoms with Gasteiger partial charge in [0.25, 0.3) is 0 Å². The van der Waals surface area contributed by atoms with Gasteiger partial charge in [0.2, 0.25) is 0 Å². The summed E-state index contributed by atoms with van der Waals surface area (Å²) < 4.78 is 11.5. The van der Waals surface area contributed by atoms with Crippen LogP contribution in [-0.2, 0) is 22.7 Å². The van der Waals surface area contributed by atoms with Gasteiger partial charge in [-0.15, -0.1) is 0 Å². The van der Waals surface area contributed by atoms with Crippen LogP contribution in [0.25, 0.3) is 0 Å². The first-order valence-corrected chi connectivity index (χ1v) is 8.54. The van der Waals surface area contributed by atoms with Crippen molar-refractivity contribution in [3.63, 3.8) is 0 Å². The Balaban J connectivity index is 2.09. The van der Waals surface area contributed by atoms with E-state index in [4.69, 9.17) is 9.47 Å². The largest absolute Gasteiger partial charge is 0.394 e. The summed E-state index contributed by atoms with van der Waals surface area (Å²) in [5.74, 6) is 0. The monoisotopic (exact) mass is 362 g/mol. The van der Waals surface area contributed by atoms with Gasteiger partial charge in [0.1, 0.15) is 24.4 Å². The molecule has 0 aliphatic heterocycles. The Morgan fingerprint density at radius 2 is 0.962 bits per heavy atom. The number of benzene rings is 2. The van der Waals surface area contributed by atoms with Gasteiger partial charge in [-0.3, -0.25) is 0 Å². The maximum absolute atomic E-state index is 10.2. The fourth-order valence-corrected chi connectivity index (χ4v) is 2.59. The van der Waals surface area contributed by atoms with E-state index >= 15 is 0 Å². The first kappa shape index (κ1) is 20.5. The van der Waals surface area contributed by atoms with Crippen LogP contribution in [0.15, 0.2) is 60.7 Å². The smallest absolute Gasteiger partial charge is 0.115 e. The van der Waals surface area contributed by atoms with E-state index in [1.54, 1.807) is 0 Å². The number of hydrogen-bond acceptors (Lipinski definition) is 6. The Bertz CT molecular complexity index is 551. The summed E-state index contributed by atoms with van der Waals surface area (Å²) in [5, 5.41) is 39.0. The highest BCUT2D eigenvalue weighted by atomic mass is 16.6. The van der Waals surface area contributed by atoms with Gasteiger partial charge < -0.3 is 29.9 Å². The molecule has 0 saturated carbocycles. The predicted octanol–water partition coefficient (Wildman–Crippen LogP) is 0.864. The van der Waals surface area contributed by atoms with Gasteiger partial charge in [0, 0.05) is 0 Å². The number of aliphatic hydroxyl groups excluding tert-OH is 4. The molecule has 26 heavy (non-hydrogen) atoms. The highest BCUT2D eigenvalue weighted by Gasteiger charge is 2.35. The van der Waals surface area contributed by atoms with Gasteiger partial charge in [0.15, 0.2) is 0 Å². The molecule has 2 unspecified atom stereocenters. The molecule has 0 radical (unpaired) electrons. The third kappa shape index (κ3) is 6.17. The second-order valence-electron chi connectivity index (χ2n) is 6.02. The Morgan fingerprint density at radius 3 is 1.27 bits per heavy atom. The highest BCUT2D eigenvalue weighted by Crippen LogP contribution is 2.18. The molecule has 0 fully saturated rings. The minimum absolute atomic E-state index is 0.173. The quantitative estimate of drug-likeness (QED) is 0.473. The minimum atomic E-state index is -1.26. The molecule has 0 heterocycles. The highest BCUT2D eigenvalue weighted by molar-refractivity contribution is 5.14. The fraction of sp³-hybridized carbons (Fsp3) is 0.400. The standard InChI is InChI=1S/C20H26O6/c21-11-17(23)19(25-13-15-7-3-1-4-8-15)20(18(24)12-22)26-14-16-9-5-2-6-10-16/h1-10,17-24H,11-14H2/t17-,18?,19?,20-/m1/s1. The van der Waals surface area contributed by atoms with E-state index < -0.39 is 37.6 Å². The van der Waals surface area contributed by atoms with Crippen molar-refractivity contribution in [1.29, 1.82) is 0 Å². The topological polar surface area (TPSA) is 99.4 Å². The van der Waals surface area contributed by atoms with Crippen molar-refractivity contribution in [2.75, 3.05) is 13.2 Å². The maximum atomic E-state index is 10.2. The molecule has 2 aromatic carbocycles. The van der Waals surface area contributed by atoms with E-state index in [0.29, 0.717) is 0 Å². The van der Waals surface area contributed by atoms with Crippen LogP contribution in [0.4, 0.5) is 0 Å². The summed E-state index contributed by atoms with van der Waals surface area (Å²) in [4.78, 5) is 0. The maximum Gasteiger partial charge on any atom is 0.115 e. The van der Waals surface area contributed by atoms with Gasteiger partial charge in [-0.2, -0.15) is 0 Å². The summed E-state index contributed by atoms with van der Waals surface area (Å²) in [6.45, 7) is -0.760. The SMILES string of the molecule is OCC(O)[C@@H](OCc1ccccc1)C(OCc1ccccc1)[C@H](O)CO. The molecule has 0 saturated heterocycles. The van der Waals surface area contributed by atoms with E-state index in [2.05, 4.69) is 0 Å². The lowest BCUT2D eigenvalue weighted by molar-refractivity contribution is -0.177. The van der Waals surface area contributed by atoms with Crippen molar-refractivity contribution in [3.05, 3.63) is 71.8 Å². The normalized spacial score (nSPS) is 16.0. The van der Waals surface area contributed by atoms with Gasteiger partial charge in [-0.1, -0.05) is 60.7 Å². The summed E-state index contributed by atoms with van der Waals surface area (Å²) >= 11 is 0. The van der Waals surface area contributed by atoms with Gasteiger partial charge in [-0.25, -0.2) is 0 Å². The van der Waals surface area contributed by atoms with Crippen molar-refractivity contribution in [1.82, 2.24) is 0 Å². The molecule has 6 heteroatoms. The summed E-state index contributed by atoms with van der Waals surface area (Å²) in [7, 11) is 0. The molecular formula is C20H26O6. The molecule has 0 amide bonds. The fourth-order valence-electron chi connectivity index (χ4n) is 2.59. The molecule has 0 bridgehead atoms. The van der Waals surface area contributed by atoms with Crippen LogP contribution < -0.4 is 0 Å². The van der Waals surface area contributed by atoms with E-state index in [0.717, 1.165) is 11.1 Å². The molecule has 2 aromatic rings. The Labute approximate surface area is 153 Å². The van der Waals surface area contributed by atoms with E-state index in [9.17, 15) is 20.4 Å². The van der Waals surface area contributed by atoms with Crippen molar-refractivity contribution in [2.24, 2.45) is 0 Å². The van der Waals surface area contributed by atoms with Crippen LogP contribution in [0.5, 0.6) is 0 Å². The molecule has 4 atom stereocenters. The molecule has 0 aliphatic carbocycles. The van der Waals surface area contributed by atoms with E-state index in [1.807, 2.05) is 60.7 Å². The number of rotatable bonds is 11. The zero-order chi connectivity index (χ0) is 18.8. The lowest BCUT2D eigenvalue weighted by Gasteiger charge is -2.32. The Morgan fingerprint density at radius 1 is 0.615 bits per heavy atom. The minimum Gasteiger partial charge on any atom is -0.394 e. The molecule has 0 spiro atoms. The molecule has 4 N–H and O–H groups in total. The van der Waals surface area contributed by atoms with Crippen molar-refractivity contribution in [3.8, 4) is 0 Å². The number of hydrogen-bond donors (Lipinski definition) is 4. The lowest BCUT2D eigenvalue weighted by atomic mass is 10.0. The van der Waals surface area contributed by atoms with Crippen LogP contribution >= 0.6 is 0 Å². The van der Waals surface area contributed by atoms with Crippen LogP contribution in [0, 0.1) is 0 Å². The summed E-state index contributed by atoms with van der Waals surface area (Å²) in [6.07, 6.45) is -4.54. The second-order valence-corrected chi connectivity index (χ2v) is 6.02. The third-order valence-electron chi connectivity index (χ3n) is 4.03. The van der Waals surface area contributed by atoms with Crippen molar-refractivity contribution >= 4 is 0 Å². The Kier molecular flexibility index (Phi) is 8.70. The van der Waals surface area contributed by atoms with Gasteiger partial charge >= 0.3 is 0 Å². The van der Waals surface area contributed by atoms with Crippen LogP contribution in [-0.4, -0.2) is 58.1 Å². The molecule has 2 rings (SSSR count). The molecule has 0 aliphatic rings. The lowest BCUT2D eigenvalue weighted by Crippen LogP contribution is -2.50. The van der Waals surface area contributed by atoms with Crippen LogP contribution in [0.3, 0.4) is 0 Å². The predicted molar refractivity (Wildman–Crippen MR) is 96.2 cm³/mol. The Hall–Kier alpha value is -1.80. The molecule has 0 aromatic heterocycles. The van der Waals surface area contributed by atoms with Gasteiger partial charge in [0.05, 0.1) is 26.4 Å². The summed E-state index contributed by atoms with van der Waals surface area (Å²) in [5.41, 5.74) is 1.76. The van der Waals surface area contributed by atoms with Crippen LogP contribution in [0.2, 0.25) is 0 Å². The zero-order valence-electron chi connectivity index (χ0n) is 14.5. The van der Waals surface area contributed by atoms with E-state index in [1.165, 1.54) is 0 Å². The number of aliphatic hydroxyl groups is 4. The molecule has 6 nitrogen and oxygen atoms in total. The van der Waals surface area contributed by atoms with E-state index in [-0.39, 0.29) is 13.2 Å². The van der Waals surface area contributed by atoms with Gasteiger partial charge in [-0.05, 0) is 11.1 Å². The molecular weight excluding hydrogens is 336 g/mol. The third-order valence-corrected chi connectivity index (χ3v) is 4.03. The first-order chi connectivity index (χ1) is 12.7. The average Bonchev–Trinajstić information content (AvgIpc) is 2.70. The molecule has 142 valence electrons. The number of ether oxygens (including phenoxy) is 2. The van der Waals surface area contributed by atoms with Crippen LogP contribution in [0.1, 0.15) is 11.1 Å².